The van der Waals surface area contributed by atoms with Crippen molar-refractivity contribution in [1.82, 2.24) is 10.2 Å². The highest BCUT2D eigenvalue weighted by atomic mass is 16.5. The minimum Gasteiger partial charge on any atom is -0.378 e. The maximum Gasteiger partial charge on any atom is 0.251 e. The largest absolute Gasteiger partial charge is 0.378 e. The van der Waals surface area contributed by atoms with Crippen molar-refractivity contribution in [2.45, 2.75) is 18.9 Å². The molecule has 2 fully saturated rings. The second kappa shape index (κ2) is 11.1. The standard InChI is InChI=1S/C25H31N5O4/c1-29(16-23(31)26-19-7-9-22(10-8-19)30-11-13-34-14-12-30)17-24(32)27-21-4-2-3-18(15-21)25(33)28-20-5-6-20/h2-4,7-10,15,20H,5-6,11-14,16-17H2,1H3,(H,26,31)(H,27,32)(H,28,33). The second-order valence-corrected chi connectivity index (χ2v) is 8.74. The van der Waals surface area contributed by atoms with Crippen LogP contribution in [0.4, 0.5) is 17.1 Å². The molecule has 1 heterocycles. The Balaban J connectivity index is 1.21. The van der Waals surface area contributed by atoms with Crippen molar-refractivity contribution in [3.05, 3.63) is 54.1 Å². The predicted molar refractivity (Wildman–Crippen MR) is 131 cm³/mol. The van der Waals surface area contributed by atoms with Crippen molar-refractivity contribution in [1.29, 1.82) is 0 Å². The van der Waals surface area contributed by atoms with Gasteiger partial charge in [0, 0.05) is 41.8 Å². The molecule has 3 N–H and O–H groups in total. The first-order valence-corrected chi connectivity index (χ1v) is 11.6. The van der Waals surface area contributed by atoms with E-state index in [-0.39, 0.29) is 36.9 Å². The molecule has 4 rings (SSSR count). The summed E-state index contributed by atoms with van der Waals surface area (Å²) >= 11 is 0. The lowest BCUT2D eigenvalue weighted by Crippen LogP contribution is -2.36. The summed E-state index contributed by atoms with van der Waals surface area (Å²) in [5, 5.41) is 8.59. The molecule has 0 atom stereocenters. The fourth-order valence-electron chi connectivity index (χ4n) is 3.76. The number of carbonyl (C=O) groups is 3. The summed E-state index contributed by atoms with van der Waals surface area (Å²) in [6.45, 7) is 3.27. The van der Waals surface area contributed by atoms with Crippen LogP contribution in [-0.4, -0.2) is 75.1 Å². The zero-order valence-corrected chi connectivity index (χ0v) is 19.4. The summed E-state index contributed by atoms with van der Waals surface area (Å²) in [5.41, 5.74) is 2.87. The van der Waals surface area contributed by atoms with Crippen LogP contribution in [0.3, 0.4) is 0 Å². The number of rotatable bonds is 9. The minimum absolute atomic E-state index is 0.0435. The van der Waals surface area contributed by atoms with Crippen molar-refractivity contribution in [2.75, 3.05) is 62.0 Å². The van der Waals surface area contributed by atoms with Gasteiger partial charge in [-0.15, -0.1) is 0 Å². The highest BCUT2D eigenvalue weighted by Gasteiger charge is 2.24. The van der Waals surface area contributed by atoms with Crippen molar-refractivity contribution in [3.8, 4) is 0 Å². The molecule has 0 bridgehead atoms. The molecule has 1 saturated carbocycles. The van der Waals surface area contributed by atoms with Crippen LogP contribution in [0.25, 0.3) is 0 Å². The molecule has 0 aromatic heterocycles. The SMILES string of the molecule is CN(CC(=O)Nc1ccc(N2CCOCC2)cc1)CC(=O)Nc1cccc(C(=O)NC2CC2)c1. The molecule has 0 radical (unpaired) electrons. The van der Waals surface area contributed by atoms with Gasteiger partial charge in [0.25, 0.3) is 5.91 Å². The van der Waals surface area contributed by atoms with Crippen LogP contribution in [0.15, 0.2) is 48.5 Å². The Morgan fingerprint density at radius 3 is 2.24 bits per heavy atom. The van der Waals surface area contributed by atoms with Crippen LogP contribution in [0.1, 0.15) is 23.2 Å². The molecule has 0 spiro atoms. The van der Waals surface area contributed by atoms with E-state index < -0.39 is 0 Å². The average Bonchev–Trinajstić information content (AvgIpc) is 3.64. The number of hydrogen-bond acceptors (Lipinski definition) is 6. The zero-order chi connectivity index (χ0) is 23.9. The number of amides is 3. The molecule has 2 aromatic carbocycles. The first kappa shape index (κ1) is 23.7. The van der Waals surface area contributed by atoms with Gasteiger partial charge in [-0.1, -0.05) is 6.07 Å². The summed E-state index contributed by atoms with van der Waals surface area (Å²) in [7, 11) is 1.71. The third kappa shape index (κ3) is 7.03. The van der Waals surface area contributed by atoms with E-state index in [1.165, 1.54) is 0 Å². The number of likely N-dealkylation sites (N-methyl/N-ethyl adjacent to an activating group) is 1. The Morgan fingerprint density at radius 2 is 1.59 bits per heavy atom. The third-order valence-electron chi connectivity index (χ3n) is 5.68. The van der Waals surface area contributed by atoms with Crippen molar-refractivity contribution in [3.63, 3.8) is 0 Å². The van der Waals surface area contributed by atoms with E-state index >= 15 is 0 Å². The molecule has 1 aliphatic heterocycles. The van der Waals surface area contributed by atoms with Gasteiger partial charge < -0.3 is 25.6 Å². The number of carbonyl (C=O) groups excluding carboxylic acids is 3. The molecule has 2 aromatic rings. The highest BCUT2D eigenvalue weighted by Crippen LogP contribution is 2.20. The molecular formula is C25H31N5O4. The normalized spacial score (nSPS) is 15.6. The van der Waals surface area contributed by atoms with Gasteiger partial charge >= 0.3 is 0 Å². The van der Waals surface area contributed by atoms with E-state index in [1.807, 2.05) is 24.3 Å². The molecular weight excluding hydrogens is 434 g/mol. The van der Waals surface area contributed by atoms with Gasteiger partial charge in [0.05, 0.1) is 26.3 Å². The Bertz CT molecular complexity index is 1020. The Labute approximate surface area is 199 Å². The van der Waals surface area contributed by atoms with Crippen molar-refractivity contribution < 1.29 is 19.1 Å². The van der Waals surface area contributed by atoms with Gasteiger partial charge in [-0.05, 0) is 62.4 Å². The number of hydrogen-bond donors (Lipinski definition) is 3. The fourth-order valence-corrected chi connectivity index (χ4v) is 3.76. The van der Waals surface area contributed by atoms with Crippen LogP contribution < -0.4 is 20.9 Å². The molecule has 3 amide bonds. The number of benzene rings is 2. The highest BCUT2D eigenvalue weighted by molar-refractivity contribution is 5.98. The number of nitrogens with one attached hydrogen (secondary N) is 3. The fraction of sp³-hybridized carbons (Fsp3) is 0.400. The predicted octanol–water partition coefficient (Wildman–Crippen LogP) is 1.92. The lowest BCUT2D eigenvalue weighted by Gasteiger charge is -2.28. The van der Waals surface area contributed by atoms with E-state index in [9.17, 15) is 14.4 Å². The van der Waals surface area contributed by atoms with Crippen LogP contribution >= 0.6 is 0 Å². The Hall–Kier alpha value is -3.43. The Kier molecular flexibility index (Phi) is 7.76. The molecule has 1 saturated heterocycles. The van der Waals surface area contributed by atoms with Crippen LogP contribution in [-0.2, 0) is 14.3 Å². The van der Waals surface area contributed by atoms with Gasteiger partial charge in [-0.25, -0.2) is 0 Å². The minimum atomic E-state index is -0.259. The second-order valence-electron chi connectivity index (χ2n) is 8.74. The zero-order valence-electron chi connectivity index (χ0n) is 19.4. The summed E-state index contributed by atoms with van der Waals surface area (Å²) in [6.07, 6.45) is 2.03. The lowest BCUT2D eigenvalue weighted by molar-refractivity contribution is -0.119. The van der Waals surface area contributed by atoms with E-state index in [2.05, 4.69) is 20.9 Å². The molecule has 34 heavy (non-hydrogen) atoms. The molecule has 2 aliphatic rings. The van der Waals surface area contributed by atoms with Crippen LogP contribution in [0.5, 0.6) is 0 Å². The molecule has 0 unspecified atom stereocenters. The molecule has 1 aliphatic carbocycles. The summed E-state index contributed by atoms with van der Waals surface area (Å²) < 4.78 is 5.38. The first-order chi connectivity index (χ1) is 16.5. The van der Waals surface area contributed by atoms with Gasteiger partial charge in [0.1, 0.15) is 0 Å². The number of ether oxygens (including phenoxy) is 1. The van der Waals surface area contributed by atoms with E-state index in [4.69, 9.17) is 4.74 Å². The van der Waals surface area contributed by atoms with E-state index in [0.717, 1.165) is 44.8 Å². The van der Waals surface area contributed by atoms with Crippen LogP contribution in [0, 0.1) is 0 Å². The molecule has 180 valence electrons. The van der Waals surface area contributed by atoms with E-state index in [0.29, 0.717) is 16.9 Å². The topological polar surface area (TPSA) is 103 Å². The molecule has 9 nitrogen and oxygen atoms in total. The Morgan fingerprint density at radius 1 is 0.941 bits per heavy atom. The number of anilines is 3. The number of morpholine rings is 1. The quantitative estimate of drug-likeness (QED) is 0.523. The first-order valence-electron chi connectivity index (χ1n) is 11.6. The maximum atomic E-state index is 12.4. The van der Waals surface area contributed by atoms with E-state index in [1.54, 1.807) is 36.2 Å². The average molecular weight is 466 g/mol. The molecule has 9 heteroatoms. The van der Waals surface area contributed by atoms with Gasteiger partial charge in [-0.2, -0.15) is 0 Å². The summed E-state index contributed by atoms with van der Waals surface area (Å²) in [6, 6.07) is 14.8. The summed E-state index contributed by atoms with van der Waals surface area (Å²) in [4.78, 5) is 40.9. The smallest absolute Gasteiger partial charge is 0.251 e. The maximum absolute atomic E-state index is 12.4. The van der Waals surface area contributed by atoms with Crippen molar-refractivity contribution >= 4 is 34.8 Å². The van der Waals surface area contributed by atoms with Gasteiger partial charge in [-0.3, -0.25) is 19.3 Å². The van der Waals surface area contributed by atoms with Crippen LogP contribution in [0.2, 0.25) is 0 Å². The van der Waals surface area contributed by atoms with Gasteiger partial charge in [0.15, 0.2) is 0 Å². The third-order valence-corrected chi connectivity index (χ3v) is 5.68. The lowest BCUT2D eigenvalue weighted by atomic mass is 10.2. The van der Waals surface area contributed by atoms with Gasteiger partial charge in [0.2, 0.25) is 11.8 Å². The number of nitrogens with zero attached hydrogens (tertiary/aromatic N) is 2. The monoisotopic (exact) mass is 465 g/mol. The summed E-state index contributed by atoms with van der Waals surface area (Å²) in [5.74, 6) is -0.594. The van der Waals surface area contributed by atoms with Crippen molar-refractivity contribution in [2.24, 2.45) is 0 Å².